The Hall–Kier alpha value is -2.14. The monoisotopic (exact) mass is 257 g/mol. The van der Waals surface area contributed by atoms with Crippen molar-refractivity contribution in [1.29, 1.82) is 0 Å². The van der Waals surface area contributed by atoms with E-state index in [-0.39, 0.29) is 11.1 Å². The average molecular weight is 257 g/mol. The molecule has 1 aliphatic rings. The van der Waals surface area contributed by atoms with Crippen LogP contribution in [0.5, 0.6) is 0 Å². The number of aromatic amines is 2. The molecule has 3 rings (SSSR count). The number of fused-ring (bicyclic) bond motifs is 1. The second kappa shape index (κ2) is 4.85. The van der Waals surface area contributed by atoms with E-state index in [9.17, 15) is 9.59 Å². The zero-order valence-corrected chi connectivity index (χ0v) is 10.5. The highest BCUT2D eigenvalue weighted by Gasteiger charge is 2.21. The SMILES string of the molecule is O=c1[nH][nH]c(=O)c2c1CCN(Cc1ccccc1)C2. The summed E-state index contributed by atoms with van der Waals surface area (Å²) < 4.78 is 0. The molecule has 2 heterocycles. The Bertz CT molecular complexity index is 688. The topological polar surface area (TPSA) is 69.0 Å². The first-order chi connectivity index (χ1) is 9.24. The van der Waals surface area contributed by atoms with Crippen LogP contribution in [0.15, 0.2) is 39.9 Å². The van der Waals surface area contributed by atoms with Gasteiger partial charge in [-0.05, 0) is 12.0 Å². The Morgan fingerprint density at radius 3 is 2.42 bits per heavy atom. The third kappa shape index (κ3) is 2.37. The molecular formula is C14H15N3O2. The molecule has 0 aliphatic carbocycles. The average Bonchev–Trinajstić information content (AvgIpc) is 2.44. The van der Waals surface area contributed by atoms with Gasteiger partial charge in [0.05, 0.1) is 0 Å². The fourth-order valence-electron chi connectivity index (χ4n) is 2.52. The Morgan fingerprint density at radius 2 is 1.68 bits per heavy atom. The summed E-state index contributed by atoms with van der Waals surface area (Å²) in [5.41, 5.74) is 2.09. The third-order valence-corrected chi connectivity index (χ3v) is 3.51. The van der Waals surface area contributed by atoms with Crippen LogP contribution < -0.4 is 11.1 Å². The van der Waals surface area contributed by atoms with Gasteiger partial charge < -0.3 is 0 Å². The molecule has 0 spiro atoms. The number of benzene rings is 1. The van der Waals surface area contributed by atoms with Crippen molar-refractivity contribution in [2.24, 2.45) is 0 Å². The van der Waals surface area contributed by atoms with Crippen LogP contribution in [-0.4, -0.2) is 21.6 Å². The molecule has 19 heavy (non-hydrogen) atoms. The summed E-state index contributed by atoms with van der Waals surface area (Å²) in [7, 11) is 0. The first-order valence-corrected chi connectivity index (χ1v) is 6.33. The van der Waals surface area contributed by atoms with E-state index in [2.05, 4.69) is 27.2 Å². The van der Waals surface area contributed by atoms with Crippen molar-refractivity contribution in [1.82, 2.24) is 15.1 Å². The summed E-state index contributed by atoms with van der Waals surface area (Å²) in [4.78, 5) is 25.6. The standard InChI is InChI=1S/C14H15N3O2/c18-13-11-6-7-17(8-10-4-2-1-3-5-10)9-12(11)14(19)16-15-13/h1-5H,6-9H2,(H,15,18)(H,16,19). The first-order valence-electron chi connectivity index (χ1n) is 6.33. The number of rotatable bonds is 2. The molecule has 2 N–H and O–H groups in total. The minimum Gasteiger partial charge on any atom is -0.294 e. The fraction of sp³-hybridized carbons (Fsp3) is 0.286. The summed E-state index contributed by atoms with van der Waals surface area (Å²) in [5, 5.41) is 4.77. The molecule has 98 valence electrons. The quantitative estimate of drug-likeness (QED) is 0.828. The van der Waals surface area contributed by atoms with Gasteiger partial charge in [-0.2, -0.15) is 0 Å². The predicted octanol–water partition coefficient (Wildman–Crippen LogP) is 0.621. The molecular weight excluding hydrogens is 242 g/mol. The maximum absolute atomic E-state index is 11.8. The van der Waals surface area contributed by atoms with Crippen LogP contribution in [-0.2, 0) is 19.5 Å². The van der Waals surface area contributed by atoms with Crippen LogP contribution in [0.4, 0.5) is 0 Å². The lowest BCUT2D eigenvalue weighted by Crippen LogP contribution is -2.39. The maximum atomic E-state index is 11.8. The summed E-state index contributed by atoms with van der Waals surface area (Å²) >= 11 is 0. The van der Waals surface area contributed by atoms with Gasteiger partial charge in [-0.1, -0.05) is 30.3 Å². The van der Waals surface area contributed by atoms with Crippen LogP contribution in [0.3, 0.4) is 0 Å². The van der Waals surface area contributed by atoms with E-state index in [4.69, 9.17) is 0 Å². The van der Waals surface area contributed by atoms with Crippen LogP contribution in [0.25, 0.3) is 0 Å². The van der Waals surface area contributed by atoms with Gasteiger partial charge >= 0.3 is 0 Å². The van der Waals surface area contributed by atoms with E-state index in [1.165, 1.54) is 5.56 Å². The lowest BCUT2D eigenvalue weighted by atomic mass is 10.0. The highest BCUT2D eigenvalue weighted by atomic mass is 16.1. The van der Waals surface area contributed by atoms with Gasteiger partial charge in [0.1, 0.15) is 0 Å². The molecule has 2 aromatic rings. The Balaban J connectivity index is 1.85. The molecule has 0 fully saturated rings. The first kappa shape index (κ1) is 11.9. The van der Waals surface area contributed by atoms with Crippen LogP contribution in [0.2, 0.25) is 0 Å². The van der Waals surface area contributed by atoms with Crippen molar-refractivity contribution in [3.8, 4) is 0 Å². The van der Waals surface area contributed by atoms with E-state index in [0.717, 1.165) is 13.1 Å². The van der Waals surface area contributed by atoms with Crippen LogP contribution in [0, 0.1) is 0 Å². The number of nitrogens with zero attached hydrogens (tertiary/aromatic N) is 1. The van der Waals surface area contributed by atoms with Crippen LogP contribution in [0.1, 0.15) is 16.7 Å². The largest absolute Gasteiger partial charge is 0.294 e. The second-order valence-electron chi connectivity index (χ2n) is 4.81. The molecule has 0 saturated carbocycles. The maximum Gasteiger partial charge on any atom is 0.267 e. The minimum absolute atomic E-state index is 0.172. The normalized spacial score (nSPS) is 15.2. The summed E-state index contributed by atoms with van der Waals surface area (Å²) in [6, 6.07) is 10.1. The molecule has 0 radical (unpaired) electrons. The molecule has 5 nitrogen and oxygen atoms in total. The molecule has 0 bridgehead atoms. The van der Waals surface area contributed by atoms with Gasteiger partial charge in [-0.3, -0.25) is 24.7 Å². The molecule has 0 atom stereocenters. The zero-order chi connectivity index (χ0) is 13.2. The van der Waals surface area contributed by atoms with Gasteiger partial charge in [0, 0.05) is 30.8 Å². The van der Waals surface area contributed by atoms with E-state index < -0.39 is 0 Å². The number of nitrogens with one attached hydrogen (secondary N) is 2. The molecule has 0 amide bonds. The molecule has 1 aromatic carbocycles. The Labute approximate surface area is 109 Å². The molecule has 5 heteroatoms. The smallest absolute Gasteiger partial charge is 0.267 e. The number of aromatic nitrogens is 2. The number of H-pyrrole nitrogens is 2. The van der Waals surface area contributed by atoms with Gasteiger partial charge in [0.2, 0.25) is 0 Å². The summed E-state index contributed by atoms with van der Waals surface area (Å²) in [6.07, 6.45) is 0.626. The van der Waals surface area contributed by atoms with Crippen molar-refractivity contribution in [2.45, 2.75) is 19.5 Å². The lowest BCUT2D eigenvalue weighted by Gasteiger charge is -2.27. The van der Waals surface area contributed by atoms with Gasteiger partial charge in [0.25, 0.3) is 11.1 Å². The molecule has 1 aromatic heterocycles. The second-order valence-corrected chi connectivity index (χ2v) is 4.81. The van der Waals surface area contributed by atoms with Crippen LogP contribution >= 0.6 is 0 Å². The minimum atomic E-state index is -0.188. The van der Waals surface area contributed by atoms with Crippen molar-refractivity contribution in [3.05, 3.63) is 67.7 Å². The number of hydrogen-bond donors (Lipinski definition) is 2. The number of hydrogen-bond acceptors (Lipinski definition) is 3. The van der Waals surface area contributed by atoms with E-state index in [0.29, 0.717) is 24.1 Å². The Kier molecular flexibility index (Phi) is 3.05. The van der Waals surface area contributed by atoms with E-state index in [1.54, 1.807) is 0 Å². The highest BCUT2D eigenvalue weighted by molar-refractivity contribution is 5.24. The van der Waals surface area contributed by atoms with Gasteiger partial charge in [0.15, 0.2) is 0 Å². The van der Waals surface area contributed by atoms with E-state index >= 15 is 0 Å². The Morgan fingerprint density at radius 1 is 1.00 bits per heavy atom. The van der Waals surface area contributed by atoms with Crippen molar-refractivity contribution < 1.29 is 0 Å². The van der Waals surface area contributed by atoms with Gasteiger partial charge in [-0.15, -0.1) is 0 Å². The van der Waals surface area contributed by atoms with Gasteiger partial charge in [-0.25, -0.2) is 0 Å². The summed E-state index contributed by atoms with van der Waals surface area (Å²) in [6.45, 7) is 2.13. The highest BCUT2D eigenvalue weighted by Crippen LogP contribution is 2.14. The van der Waals surface area contributed by atoms with E-state index in [1.807, 2.05) is 18.2 Å². The van der Waals surface area contributed by atoms with Crippen molar-refractivity contribution >= 4 is 0 Å². The molecule has 1 aliphatic heterocycles. The van der Waals surface area contributed by atoms with Crippen molar-refractivity contribution in [2.75, 3.05) is 6.54 Å². The predicted molar refractivity (Wildman–Crippen MR) is 71.9 cm³/mol. The van der Waals surface area contributed by atoms with Crippen molar-refractivity contribution in [3.63, 3.8) is 0 Å². The third-order valence-electron chi connectivity index (χ3n) is 3.51. The summed E-state index contributed by atoms with van der Waals surface area (Å²) in [5.74, 6) is 0. The molecule has 0 saturated heterocycles. The molecule has 0 unspecified atom stereocenters. The zero-order valence-electron chi connectivity index (χ0n) is 10.5. The lowest BCUT2D eigenvalue weighted by molar-refractivity contribution is 0.243. The fourth-order valence-corrected chi connectivity index (χ4v) is 2.52.